The Hall–Kier alpha value is -2.85. The lowest BCUT2D eigenvalue weighted by Gasteiger charge is -2.15. The normalized spacial score (nSPS) is 10.5. The minimum absolute atomic E-state index is 0.488. The molecule has 0 radical (unpaired) electrons. The van der Waals surface area contributed by atoms with Crippen molar-refractivity contribution >= 4 is 17.9 Å². The number of benzene rings is 2. The van der Waals surface area contributed by atoms with E-state index in [2.05, 4.69) is 11.9 Å². The number of carbonyl (C=O) groups is 1. The lowest BCUT2D eigenvalue weighted by atomic mass is 10.0. The van der Waals surface area contributed by atoms with Crippen LogP contribution in [0.2, 0.25) is 5.02 Å². The van der Waals surface area contributed by atoms with Crippen LogP contribution in [-0.4, -0.2) is 17.9 Å². The van der Waals surface area contributed by atoms with E-state index in [1.54, 1.807) is 30.5 Å². The molecule has 0 unspecified atom stereocenters. The molecule has 0 N–H and O–H groups in total. The number of hydrogen-bond acceptors (Lipinski definition) is 4. The molecule has 3 aromatic rings. The van der Waals surface area contributed by atoms with Crippen molar-refractivity contribution in [3.8, 4) is 28.5 Å². The highest BCUT2D eigenvalue weighted by atomic mass is 35.5. The van der Waals surface area contributed by atoms with Gasteiger partial charge in [-0.1, -0.05) is 24.6 Å². The Balaban J connectivity index is 2.06. The molecule has 0 aliphatic carbocycles. The number of aromatic nitrogens is 1. The molecular formula is C22H20ClNO3. The lowest BCUT2D eigenvalue weighted by Crippen LogP contribution is -1.98. The second kappa shape index (κ2) is 8.69. The van der Waals surface area contributed by atoms with Gasteiger partial charge in [-0.05, 0) is 61.4 Å². The van der Waals surface area contributed by atoms with Crippen LogP contribution in [0.3, 0.4) is 0 Å². The number of pyridine rings is 1. The average molecular weight is 382 g/mol. The summed E-state index contributed by atoms with van der Waals surface area (Å²) in [6.45, 7) is 4.44. The van der Waals surface area contributed by atoms with Crippen LogP contribution in [0.4, 0.5) is 0 Å². The smallest absolute Gasteiger partial charge is 0.221 e. The number of aldehydes is 1. The molecule has 4 nitrogen and oxygen atoms in total. The molecule has 5 heteroatoms. The first-order valence-electron chi connectivity index (χ1n) is 8.80. The summed E-state index contributed by atoms with van der Waals surface area (Å²) < 4.78 is 11.7. The first kappa shape index (κ1) is 18.9. The minimum atomic E-state index is 0.488. The van der Waals surface area contributed by atoms with Gasteiger partial charge in [0.2, 0.25) is 5.88 Å². The van der Waals surface area contributed by atoms with E-state index in [0.717, 1.165) is 29.4 Å². The summed E-state index contributed by atoms with van der Waals surface area (Å²) in [6.07, 6.45) is 3.32. The van der Waals surface area contributed by atoms with Crippen molar-refractivity contribution in [2.75, 3.05) is 6.61 Å². The largest absolute Gasteiger partial charge is 0.478 e. The number of nitrogens with zero attached hydrogens (tertiary/aromatic N) is 1. The molecule has 0 saturated carbocycles. The molecule has 27 heavy (non-hydrogen) atoms. The van der Waals surface area contributed by atoms with E-state index in [0.29, 0.717) is 34.6 Å². The van der Waals surface area contributed by atoms with E-state index in [1.807, 2.05) is 31.2 Å². The third-order valence-corrected chi connectivity index (χ3v) is 4.47. The number of hydrogen-bond donors (Lipinski definition) is 0. The molecule has 138 valence electrons. The zero-order valence-corrected chi connectivity index (χ0v) is 16.0. The van der Waals surface area contributed by atoms with Crippen molar-refractivity contribution in [1.29, 1.82) is 0 Å². The fraction of sp³-hybridized carbons (Fsp3) is 0.182. The number of halogens is 1. The summed E-state index contributed by atoms with van der Waals surface area (Å²) in [4.78, 5) is 15.6. The van der Waals surface area contributed by atoms with Crippen molar-refractivity contribution in [3.63, 3.8) is 0 Å². The number of rotatable bonds is 7. The zero-order chi connectivity index (χ0) is 19.2. The standard InChI is InChI=1S/C22H20ClNO3/c1-3-16-8-9-17(13-20(16)23)27-21-10-7-15(14-25)12-19(21)18-6-5-11-24-22(18)26-4-2/h5-14H,3-4H2,1-2H3. The van der Waals surface area contributed by atoms with E-state index >= 15 is 0 Å². The van der Waals surface area contributed by atoms with Crippen LogP contribution >= 0.6 is 11.6 Å². The molecule has 3 rings (SSSR count). The zero-order valence-electron chi connectivity index (χ0n) is 15.2. The topological polar surface area (TPSA) is 48.4 Å². The van der Waals surface area contributed by atoms with Crippen LogP contribution < -0.4 is 9.47 Å². The molecule has 0 aliphatic heterocycles. The molecule has 2 aromatic carbocycles. The van der Waals surface area contributed by atoms with Gasteiger partial charge in [0.1, 0.15) is 17.8 Å². The molecule has 0 spiro atoms. The van der Waals surface area contributed by atoms with Crippen LogP contribution in [-0.2, 0) is 6.42 Å². The fourth-order valence-electron chi connectivity index (χ4n) is 2.77. The average Bonchev–Trinajstić information content (AvgIpc) is 2.69. The highest BCUT2D eigenvalue weighted by Crippen LogP contribution is 2.38. The highest BCUT2D eigenvalue weighted by molar-refractivity contribution is 6.31. The SMILES string of the molecule is CCOc1ncccc1-c1cc(C=O)ccc1Oc1ccc(CC)c(Cl)c1. The second-order valence-electron chi connectivity index (χ2n) is 5.87. The summed E-state index contributed by atoms with van der Waals surface area (Å²) in [5.74, 6) is 1.71. The Bertz CT molecular complexity index is 956. The molecule has 0 fully saturated rings. The summed E-state index contributed by atoms with van der Waals surface area (Å²) in [5, 5.41) is 0.664. The van der Waals surface area contributed by atoms with Crippen LogP contribution in [0.15, 0.2) is 54.7 Å². The predicted molar refractivity (Wildman–Crippen MR) is 107 cm³/mol. The minimum Gasteiger partial charge on any atom is -0.478 e. The maximum atomic E-state index is 11.3. The number of aryl methyl sites for hydroxylation is 1. The third-order valence-electron chi connectivity index (χ3n) is 4.12. The maximum absolute atomic E-state index is 11.3. The van der Waals surface area contributed by atoms with Crippen LogP contribution in [0, 0.1) is 0 Å². The summed E-state index contributed by atoms with van der Waals surface area (Å²) in [7, 11) is 0. The fourth-order valence-corrected chi connectivity index (χ4v) is 3.08. The lowest BCUT2D eigenvalue weighted by molar-refractivity contribution is 0.112. The maximum Gasteiger partial charge on any atom is 0.221 e. The van der Waals surface area contributed by atoms with Crippen LogP contribution in [0.5, 0.6) is 17.4 Å². The van der Waals surface area contributed by atoms with Gasteiger partial charge >= 0.3 is 0 Å². The van der Waals surface area contributed by atoms with Gasteiger partial charge in [0.25, 0.3) is 0 Å². The highest BCUT2D eigenvalue weighted by Gasteiger charge is 2.15. The Morgan fingerprint density at radius 2 is 1.93 bits per heavy atom. The molecule has 0 atom stereocenters. The summed E-state index contributed by atoms with van der Waals surface area (Å²) >= 11 is 6.31. The molecule has 0 aliphatic rings. The third kappa shape index (κ3) is 4.29. The van der Waals surface area contributed by atoms with E-state index in [-0.39, 0.29) is 0 Å². The first-order valence-corrected chi connectivity index (χ1v) is 9.17. The summed E-state index contributed by atoms with van der Waals surface area (Å²) in [5.41, 5.74) is 3.09. The molecule has 0 amide bonds. The van der Waals surface area contributed by atoms with Crippen LogP contribution in [0.1, 0.15) is 29.8 Å². The molecule has 0 bridgehead atoms. The van der Waals surface area contributed by atoms with Crippen molar-refractivity contribution in [3.05, 3.63) is 70.9 Å². The van der Waals surface area contributed by atoms with Gasteiger partial charge in [0.05, 0.1) is 6.61 Å². The van der Waals surface area contributed by atoms with Gasteiger partial charge in [-0.25, -0.2) is 4.98 Å². The molecule has 0 saturated heterocycles. The predicted octanol–water partition coefficient (Wildman–Crippen LogP) is 5.97. The second-order valence-corrected chi connectivity index (χ2v) is 6.28. The Morgan fingerprint density at radius 1 is 1.07 bits per heavy atom. The first-order chi connectivity index (χ1) is 13.2. The van der Waals surface area contributed by atoms with Crippen molar-refractivity contribution in [2.45, 2.75) is 20.3 Å². The monoisotopic (exact) mass is 381 g/mol. The van der Waals surface area contributed by atoms with Crippen molar-refractivity contribution < 1.29 is 14.3 Å². The van der Waals surface area contributed by atoms with Crippen molar-refractivity contribution in [1.82, 2.24) is 4.98 Å². The number of carbonyl (C=O) groups excluding carboxylic acids is 1. The van der Waals surface area contributed by atoms with Gasteiger partial charge in [0.15, 0.2) is 0 Å². The Labute approximate surface area is 163 Å². The number of ether oxygens (including phenoxy) is 2. The Kier molecular flexibility index (Phi) is 6.09. The van der Waals surface area contributed by atoms with Gasteiger partial charge in [0, 0.05) is 27.9 Å². The van der Waals surface area contributed by atoms with Gasteiger partial charge in [-0.2, -0.15) is 0 Å². The molecule has 1 aromatic heterocycles. The quantitative estimate of drug-likeness (QED) is 0.473. The van der Waals surface area contributed by atoms with Gasteiger partial charge < -0.3 is 9.47 Å². The van der Waals surface area contributed by atoms with E-state index in [4.69, 9.17) is 21.1 Å². The van der Waals surface area contributed by atoms with E-state index < -0.39 is 0 Å². The van der Waals surface area contributed by atoms with Gasteiger partial charge in [-0.15, -0.1) is 0 Å². The van der Waals surface area contributed by atoms with E-state index in [1.165, 1.54) is 0 Å². The Morgan fingerprint density at radius 3 is 2.63 bits per heavy atom. The van der Waals surface area contributed by atoms with Crippen molar-refractivity contribution in [2.24, 2.45) is 0 Å². The van der Waals surface area contributed by atoms with E-state index in [9.17, 15) is 4.79 Å². The van der Waals surface area contributed by atoms with Crippen LogP contribution in [0.25, 0.3) is 11.1 Å². The van der Waals surface area contributed by atoms with Gasteiger partial charge in [-0.3, -0.25) is 4.79 Å². The summed E-state index contributed by atoms with van der Waals surface area (Å²) in [6, 6.07) is 14.6. The molecule has 1 heterocycles. The molecular weight excluding hydrogens is 362 g/mol.